The second-order valence-corrected chi connectivity index (χ2v) is 3.95. The summed E-state index contributed by atoms with van der Waals surface area (Å²) in [7, 11) is 1.65. The van der Waals surface area contributed by atoms with Crippen LogP contribution in [-0.4, -0.2) is 12.1 Å². The summed E-state index contributed by atoms with van der Waals surface area (Å²) in [5.41, 5.74) is 1.85. The molecule has 15 heavy (non-hydrogen) atoms. The molecule has 0 N–H and O–H groups in total. The van der Waals surface area contributed by atoms with Crippen LogP contribution in [0.1, 0.15) is 5.56 Å². The van der Waals surface area contributed by atoms with E-state index in [9.17, 15) is 0 Å². The van der Waals surface area contributed by atoms with Gasteiger partial charge in [-0.2, -0.15) is 0 Å². The van der Waals surface area contributed by atoms with E-state index in [1.165, 1.54) is 0 Å². The minimum atomic E-state index is 0.471. The van der Waals surface area contributed by atoms with E-state index in [-0.39, 0.29) is 0 Å². The highest BCUT2D eigenvalue weighted by molar-refractivity contribution is 6.45. The Morgan fingerprint density at radius 1 is 1.33 bits per heavy atom. The summed E-state index contributed by atoms with van der Waals surface area (Å²) in [4.78, 5) is 4.26. The molecule has 0 saturated carbocycles. The molecule has 0 aliphatic rings. The van der Waals surface area contributed by atoms with Crippen LogP contribution >= 0.6 is 23.2 Å². The molecule has 1 aromatic carbocycles. The van der Waals surface area contributed by atoms with E-state index < -0.39 is 0 Å². The number of halogens is 2. The van der Waals surface area contributed by atoms with Gasteiger partial charge in [0.1, 0.15) is 0 Å². The van der Waals surface area contributed by atoms with Gasteiger partial charge >= 0.3 is 0 Å². The van der Waals surface area contributed by atoms with Crippen molar-refractivity contribution in [3.8, 4) is 0 Å². The van der Waals surface area contributed by atoms with Crippen molar-refractivity contribution in [2.75, 3.05) is 7.11 Å². The van der Waals surface area contributed by atoms with Crippen molar-refractivity contribution >= 4 is 34.1 Å². The Morgan fingerprint density at radius 2 is 2.13 bits per heavy atom. The zero-order chi connectivity index (χ0) is 10.8. The average molecular weight is 242 g/mol. The maximum atomic E-state index is 6.09. The highest BCUT2D eigenvalue weighted by Gasteiger charge is 2.07. The fraction of sp³-hybridized carbons (Fsp3) is 0.182. The van der Waals surface area contributed by atoms with E-state index in [0.29, 0.717) is 16.7 Å². The molecule has 0 saturated heterocycles. The van der Waals surface area contributed by atoms with Crippen LogP contribution in [0.15, 0.2) is 24.4 Å². The van der Waals surface area contributed by atoms with Crippen LogP contribution in [0.5, 0.6) is 0 Å². The molecule has 0 atom stereocenters. The summed E-state index contributed by atoms with van der Waals surface area (Å²) < 4.78 is 5.09. The number of ether oxygens (including phenoxy) is 1. The molecule has 0 unspecified atom stereocenters. The van der Waals surface area contributed by atoms with Gasteiger partial charge < -0.3 is 4.74 Å². The first kappa shape index (κ1) is 10.7. The molecule has 0 fully saturated rings. The van der Waals surface area contributed by atoms with Crippen LogP contribution in [0.3, 0.4) is 0 Å². The van der Waals surface area contributed by atoms with Crippen molar-refractivity contribution in [1.82, 2.24) is 4.98 Å². The predicted octanol–water partition coefficient (Wildman–Crippen LogP) is 3.69. The summed E-state index contributed by atoms with van der Waals surface area (Å²) in [6, 6.07) is 5.78. The number of fused-ring (bicyclic) bond motifs is 1. The first-order valence-electron chi connectivity index (χ1n) is 4.44. The molecule has 0 bridgehead atoms. The second-order valence-electron chi connectivity index (χ2n) is 3.17. The monoisotopic (exact) mass is 241 g/mol. The number of pyridine rings is 1. The van der Waals surface area contributed by atoms with Gasteiger partial charge in [-0.15, -0.1) is 0 Å². The fourth-order valence-electron chi connectivity index (χ4n) is 1.50. The molecule has 0 aliphatic heterocycles. The number of hydrogen-bond acceptors (Lipinski definition) is 2. The first-order valence-corrected chi connectivity index (χ1v) is 5.20. The molecule has 2 rings (SSSR count). The summed E-state index contributed by atoms with van der Waals surface area (Å²) in [6.07, 6.45) is 1.56. The van der Waals surface area contributed by atoms with E-state index in [4.69, 9.17) is 27.9 Å². The number of benzene rings is 1. The SMILES string of the molecule is COCc1cccc2c(Cl)c(Cl)cnc12. The lowest BCUT2D eigenvalue weighted by atomic mass is 10.1. The minimum absolute atomic E-state index is 0.471. The highest BCUT2D eigenvalue weighted by Crippen LogP contribution is 2.30. The Morgan fingerprint density at radius 3 is 2.87 bits per heavy atom. The lowest BCUT2D eigenvalue weighted by Crippen LogP contribution is -1.92. The normalized spacial score (nSPS) is 10.9. The molecule has 0 radical (unpaired) electrons. The summed E-state index contributed by atoms with van der Waals surface area (Å²) in [6.45, 7) is 0.516. The van der Waals surface area contributed by atoms with Gasteiger partial charge in [-0.25, -0.2) is 0 Å². The van der Waals surface area contributed by atoms with Crippen molar-refractivity contribution in [1.29, 1.82) is 0 Å². The number of nitrogens with zero attached hydrogens (tertiary/aromatic N) is 1. The van der Waals surface area contributed by atoms with Gasteiger partial charge in [0, 0.05) is 24.3 Å². The zero-order valence-electron chi connectivity index (χ0n) is 8.13. The largest absolute Gasteiger partial charge is 0.380 e. The molecular formula is C11H9Cl2NO. The van der Waals surface area contributed by atoms with Gasteiger partial charge in [0.15, 0.2) is 0 Å². The molecule has 2 nitrogen and oxygen atoms in total. The molecule has 0 amide bonds. The van der Waals surface area contributed by atoms with Crippen LogP contribution in [-0.2, 0) is 11.3 Å². The van der Waals surface area contributed by atoms with Gasteiger partial charge in [0.05, 0.1) is 22.2 Å². The molecule has 4 heteroatoms. The second kappa shape index (κ2) is 4.35. The predicted molar refractivity (Wildman–Crippen MR) is 62.5 cm³/mol. The van der Waals surface area contributed by atoms with Gasteiger partial charge in [-0.05, 0) is 0 Å². The van der Waals surface area contributed by atoms with Crippen molar-refractivity contribution < 1.29 is 4.74 Å². The number of aromatic nitrogens is 1. The topological polar surface area (TPSA) is 22.1 Å². The van der Waals surface area contributed by atoms with Crippen molar-refractivity contribution in [2.45, 2.75) is 6.61 Å². The quantitative estimate of drug-likeness (QED) is 0.801. The lowest BCUT2D eigenvalue weighted by molar-refractivity contribution is 0.186. The van der Waals surface area contributed by atoms with Crippen LogP contribution in [0.4, 0.5) is 0 Å². The maximum absolute atomic E-state index is 6.09. The molecule has 0 aliphatic carbocycles. The Hall–Kier alpha value is -0.830. The number of rotatable bonds is 2. The van der Waals surface area contributed by atoms with E-state index in [1.54, 1.807) is 13.3 Å². The zero-order valence-corrected chi connectivity index (χ0v) is 9.64. The van der Waals surface area contributed by atoms with Crippen molar-refractivity contribution in [3.63, 3.8) is 0 Å². The Labute approximate surface area is 97.8 Å². The van der Waals surface area contributed by atoms with Crippen molar-refractivity contribution in [2.24, 2.45) is 0 Å². The minimum Gasteiger partial charge on any atom is -0.380 e. The van der Waals surface area contributed by atoms with Crippen LogP contribution < -0.4 is 0 Å². The fourth-order valence-corrected chi connectivity index (χ4v) is 1.85. The summed E-state index contributed by atoms with van der Waals surface area (Å²) >= 11 is 12.0. The maximum Gasteiger partial charge on any atom is 0.0782 e. The third-order valence-corrected chi connectivity index (χ3v) is 2.96. The smallest absolute Gasteiger partial charge is 0.0782 e. The number of methoxy groups -OCH3 is 1. The average Bonchev–Trinajstić information content (AvgIpc) is 2.25. The summed E-state index contributed by atoms with van der Waals surface area (Å²) in [5, 5.41) is 1.87. The van der Waals surface area contributed by atoms with Crippen LogP contribution in [0.2, 0.25) is 10.0 Å². The number of hydrogen-bond donors (Lipinski definition) is 0. The van der Waals surface area contributed by atoms with E-state index >= 15 is 0 Å². The lowest BCUT2D eigenvalue weighted by Gasteiger charge is -2.06. The van der Waals surface area contributed by atoms with Crippen LogP contribution in [0.25, 0.3) is 10.9 Å². The Kier molecular flexibility index (Phi) is 3.10. The molecule has 1 heterocycles. The van der Waals surface area contributed by atoms with Gasteiger partial charge in [0.2, 0.25) is 0 Å². The molecule has 2 aromatic rings. The Balaban J connectivity index is 2.72. The van der Waals surface area contributed by atoms with Gasteiger partial charge in [-0.1, -0.05) is 41.4 Å². The van der Waals surface area contributed by atoms with E-state index in [0.717, 1.165) is 16.5 Å². The van der Waals surface area contributed by atoms with Crippen molar-refractivity contribution in [3.05, 3.63) is 40.0 Å². The molecule has 78 valence electrons. The summed E-state index contributed by atoms with van der Waals surface area (Å²) in [5.74, 6) is 0. The third-order valence-electron chi connectivity index (χ3n) is 2.17. The van der Waals surface area contributed by atoms with Crippen LogP contribution in [0, 0.1) is 0 Å². The van der Waals surface area contributed by atoms with Gasteiger partial charge in [-0.3, -0.25) is 4.98 Å². The van der Waals surface area contributed by atoms with Gasteiger partial charge in [0.25, 0.3) is 0 Å². The molecule has 0 spiro atoms. The standard InChI is InChI=1S/C11H9Cl2NO/c1-15-6-7-3-2-4-8-10(13)9(12)5-14-11(7)8/h2-5H,6H2,1H3. The molecule has 1 aromatic heterocycles. The third kappa shape index (κ3) is 1.93. The van der Waals surface area contributed by atoms with E-state index in [2.05, 4.69) is 4.98 Å². The van der Waals surface area contributed by atoms with E-state index in [1.807, 2.05) is 18.2 Å². The number of para-hydroxylation sites is 1. The first-order chi connectivity index (χ1) is 7.24. The molecular weight excluding hydrogens is 233 g/mol. The Bertz CT molecular complexity index is 499. The highest BCUT2D eigenvalue weighted by atomic mass is 35.5.